The van der Waals surface area contributed by atoms with Gasteiger partial charge in [0, 0.05) is 51.0 Å². The number of amides is 1. The topological polar surface area (TPSA) is 50.6 Å². The van der Waals surface area contributed by atoms with Crippen LogP contribution in [-0.2, 0) is 16.1 Å². The molecular weight excluding hydrogens is 328 g/mol. The molecule has 0 spiro atoms. The largest absolute Gasteiger partial charge is 0.379 e. The molecule has 0 saturated carbocycles. The van der Waals surface area contributed by atoms with Crippen molar-refractivity contribution in [3.63, 3.8) is 0 Å². The number of likely N-dealkylation sites (tertiary alicyclic amines) is 1. The minimum Gasteiger partial charge on any atom is -0.379 e. The summed E-state index contributed by atoms with van der Waals surface area (Å²) in [5.41, 5.74) is 0. The molecule has 1 amide bonds. The molecule has 0 N–H and O–H groups in total. The maximum absolute atomic E-state index is 13.1. The van der Waals surface area contributed by atoms with E-state index in [0.29, 0.717) is 11.8 Å². The van der Waals surface area contributed by atoms with Gasteiger partial charge in [0.25, 0.3) is 0 Å². The third-order valence-corrected chi connectivity index (χ3v) is 5.83. The molecule has 0 radical (unpaired) electrons. The average Bonchev–Trinajstić information content (AvgIpc) is 3.16. The highest BCUT2D eigenvalue weighted by Gasteiger charge is 2.32. The van der Waals surface area contributed by atoms with Gasteiger partial charge in [0.2, 0.25) is 5.91 Å². The van der Waals surface area contributed by atoms with Crippen LogP contribution in [0.4, 0.5) is 0 Å². The maximum Gasteiger partial charge on any atom is 0.239 e. The Morgan fingerprint density at radius 3 is 2.62 bits per heavy atom. The van der Waals surface area contributed by atoms with Crippen LogP contribution in [0.15, 0.2) is 12.4 Å². The average molecular weight is 363 g/mol. The number of aryl methyl sites for hydroxylation is 1. The number of piperidine rings is 1. The summed E-state index contributed by atoms with van der Waals surface area (Å²) >= 11 is 0. The number of carbonyl (C=O) groups is 1. The van der Waals surface area contributed by atoms with Crippen LogP contribution < -0.4 is 0 Å². The smallest absolute Gasteiger partial charge is 0.239 e. The third kappa shape index (κ3) is 4.46. The van der Waals surface area contributed by atoms with E-state index in [2.05, 4.69) is 39.4 Å². The molecule has 6 heteroatoms. The normalized spacial score (nSPS) is 21.1. The number of unbranched alkanes of at least 4 members (excludes halogenated alkanes) is 1. The standard InChI is InChI=1S/C20H34N4O2/c1-3-5-9-23-12-8-21-19(23)17-6-10-24(11-7-17)20(25)18(4-2)22-13-15-26-16-14-22/h8,12,17-18H,3-7,9-11,13-16H2,1-2H3/t18-/m0/s1. The van der Waals surface area contributed by atoms with Gasteiger partial charge in [0.05, 0.1) is 19.3 Å². The van der Waals surface area contributed by atoms with Crippen LogP contribution >= 0.6 is 0 Å². The van der Waals surface area contributed by atoms with Crippen molar-refractivity contribution in [2.45, 2.75) is 64.5 Å². The number of aromatic nitrogens is 2. The van der Waals surface area contributed by atoms with Crippen LogP contribution in [0.1, 0.15) is 57.7 Å². The summed E-state index contributed by atoms with van der Waals surface area (Å²) in [4.78, 5) is 22.1. The first kappa shape index (κ1) is 19.4. The number of nitrogens with zero attached hydrogens (tertiary/aromatic N) is 4. The lowest BCUT2D eigenvalue weighted by Gasteiger charge is -2.38. The van der Waals surface area contributed by atoms with Gasteiger partial charge in [-0.15, -0.1) is 0 Å². The van der Waals surface area contributed by atoms with Crippen molar-refractivity contribution in [1.82, 2.24) is 19.4 Å². The zero-order chi connectivity index (χ0) is 18.4. The van der Waals surface area contributed by atoms with Crippen molar-refractivity contribution in [1.29, 1.82) is 0 Å². The first-order chi connectivity index (χ1) is 12.7. The Labute approximate surface area is 157 Å². The van der Waals surface area contributed by atoms with Gasteiger partial charge < -0.3 is 14.2 Å². The summed E-state index contributed by atoms with van der Waals surface area (Å²) in [6, 6.07) is 0.0157. The van der Waals surface area contributed by atoms with E-state index in [1.165, 1.54) is 18.7 Å². The molecule has 0 aromatic carbocycles. The van der Waals surface area contributed by atoms with Gasteiger partial charge >= 0.3 is 0 Å². The van der Waals surface area contributed by atoms with E-state index < -0.39 is 0 Å². The lowest BCUT2D eigenvalue weighted by molar-refractivity contribution is -0.140. The lowest BCUT2D eigenvalue weighted by Crippen LogP contribution is -2.53. The van der Waals surface area contributed by atoms with Gasteiger partial charge in [0.1, 0.15) is 5.82 Å². The van der Waals surface area contributed by atoms with Gasteiger partial charge in [-0.25, -0.2) is 4.98 Å². The highest BCUT2D eigenvalue weighted by molar-refractivity contribution is 5.82. The van der Waals surface area contributed by atoms with Crippen molar-refractivity contribution < 1.29 is 9.53 Å². The number of morpholine rings is 1. The van der Waals surface area contributed by atoms with Crippen molar-refractivity contribution in [2.24, 2.45) is 0 Å². The van der Waals surface area contributed by atoms with Crippen molar-refractivity contribution in [3.05, 3.63) is 18.2 Å². The van der Waals surface area contributed by atoms with Gasteiger partial charge in [0.15, 0.2) is 0 Å². The van der Waals surface area contributed by atoms with Crippen LogP contribution in [0.2, 0.25) is 0 Å². The Morgan fingerprint density at radius 2 is 1.96 bits per heavy atom. The Kier molecular flexibility index (Phi) is 7.08. The molecule has 1 atom stereocenters. The van der Waals surface area contributed by atoms with Crippen molar-refractivity contribution >= 4 is 5.91 Å². The fraction of sp³-hybridized carbons (Fsp3) is 0.800. The molecule has 2 saturated heterocycles. The first-order valence-corrected chi connectivity index (χ1v) is 10.4. The highest BCUT2D eigenvalue weighted by Crippen LogP contribution is 2.28. The molecule has 6 nitrogen and oxygen atoms in total. The quantitative estimate of drug-likeness (QED) is 0.748. The highest BCUT2D eigenvalue weighted by atomic mass is 16.5. The van der Waals surface area contributed by atoms with Crippen molar-refractivity contribution in [2.75, 3.05) is 39.4 Å². The molecule has 0 bridgehead atoms. The predicted molar refractivity (Wildman–Crippen MR) is 102 cm³/mol. The predicted octanol–water partition coefficient (Wildman–Crippen LogP) is 2.50. The number of hydrogen-bond acceptors (Lipinski definition) is 4. The molecule has 1 aromatic heterocycles. The molecule has 0 unspecified atom stereocenters. The van der Waals surface area contributed by atoms with Gasteiger partial charge in [-0.2, -0.15) is 0 Å². The lowest BCUT2D eigenvalue weighted by atomic mass is 9.95. The molecule has 26 heavy (non-hydrogen) atoms. The molecular formula is C20H34N4O2. The monoisotopic (exact) mass is 362 g/mol. The van der Waals surface area contributed by atoms with Crippen molar-refractivity contribution in [3.8, 4) is 0 Å². The van der Waals surface area contributed by atoms with E-state index in [1.54, 1.807) is 0 Å². The molecule has 3 rings (SSSR count). The molecule has 146 valence electrons. The van der Waals surface area contributed by atoms with E-state index in [1.807, 2.05) is 6.20 Å². The summed E-state index contributed by atoms with van der Waals surface area (Å²) < 4.78 is 7.75. The first-order valence-electron chi connectivity index (χ1n) is 10.4. The number of hydrogen-bond donors (Lipinski definition) is 0. The van der Waals surface area contributed by atoms with Gasteiger partial charge in [-0.1, -0.05) is 20.3 Å². The van der Waals surface area contributed by atoms with Gasteiger partial charge in [-0.3, -0.25) is 9.69 Å². The molecule has 1 aromatic rings. The summed E-state index contributed by atoms with van der Waals surface area (Å²) in [6.07, 6.45) is 9.34. The Bertz CT molecular complexity index is 560. The van der Waals surface area contributed by atoms with E-state index >= 15 is 0 Å². The minimum absolute atomic E-state index is 0.0157. The van der Waals surface area contributed by atoms with E-state index in [9.17, 15) is 4.79 Å². The molecule has 2 fully saturated rings. The van der Waals surface area contributed by atoms with E-state index in [4.69, 9.17) is 4.74 Å². The Hall–Kier alpha value is -1.40. The zero-order valence-electron chi connectivity index (χ0n) is 16.4. The fourth-order valence-electron chi connectivity index (χ4n) is 4.25. The van der Waals surface area contributed by atoms with Gasteiger partial charge in [-0.05, 0) is 25.7 Å². The van der Waals surface area contributed by atoms with Crippen LogP contribution in [0.3, 0.4) is 0 Å². The van der Waals surface area contributed by atoms with Crippen LogP contribution in [0.25, 0.3) is 0 Å². The Morgan fingerprint density at radius 1 is 1.23 bits per heavy atom. The van der Waals surface area contributed by atoms with E-state index in [-0.39, 0.29) is 6.04 Å². The number of rotatable bonds is 7. The number of carbonyl (C=O) groups excluding carboxylic acids is 1. The maximum atomic E-state index is 13.1. The number of ether oxygens (including phenoxy) is 1. The van der Waals surface area contributed by atoms with Crippen LogP contribution in [-0.4, -0.2) is 70.7 Å². The summed E-state index contributed by atoms with van der Waals surface area (Å²) in [7, 11) is 0. The van der Waals surface area contributed by atoms with E-state index in [0.717, 1.165) is 65.2 Å². The SMILES string of the molecule is CCCCn1ccnc1C1CCN(C(=O)[C@H](CC)N2CCOCC2)CC1. The summed E-state index contributed by atoms with van der Waals surface area (Å²) in [6.45, 7) is 10.3. The van der Waals surface area contributed by atoms with Crippen LogP contribution in [0.5, 0.6) is 0 Å². The molecule has 2 aliphatic heterocycles. The second kappa shape index (κ2) is 9.51. The third-order valence-electron chi connectivity index (χ3n) is 5.83. The zero-order valence-corrected chi connectivity index (χ0v) is 16.4. The minimum atomic E-state index is 0.0157. The van der Waals surface area contributed by atoms with Crippen LogP contribution in [0, 0.1) is 0 Å². The molecule has 3 heterocycles. The second-order valence-electron chi connectivity index (χ2n) is 7.50. The Balaban J connectivity index is 1.55. The fourth-order valence-corrected chi connectivity index (χ4v) is 4.25. The second-order valence-corrected chi connectivity index (χ2v) is 7.50. The number of imidazole rings is 1. The summed E-state index contributed by atoms with van der Waals surface area (Å²) in [5, 5.41) is 0. The molecule has 0 aliphatic carbocycles. The summed E-state index contributed by atoms with van der Waals surface area (Å²) in [5.74, 6) is 2.00. The molecule has 2 aliphatic rings.